The van der Waals surface area contributed by atoms with Crippen LogP contribution in [0, 0.1) is 0 Å². The van der Waals surface area contributed by atoms with Gasteiger partial charge in [0.1, 0.15) is 0 Å². The summed E-state index contributed by atoms with van der Waals surface area (Å²) in [7, 11) is 0. The topological polar surface area (TPSA) is 17.3 Å². The van der Waals surface area contributed by atoms with Crippen LogP contribution in [-0.4, -0.2) is 10.3 Å². The van der Waals surface area contributed by atoms with Crippen LogP contribution in [0.25, 0.3) is 6.20 Å². The lowest BCUT2D eigenvalue weighted by Gasteiger charge is -1.93. The summed E-state index contributed by atoms with van der Waals surface area (Å²) in [5.74, 6) is 0. The van der Waals surface area contributed by atoms with E-state index in [-0.39, 0.29) is 0 Å². The molecule has 0 spiro atoms. The van der Waals surface area contributed by atoms with Crippen molar-refractivity contribution < 1.29 is 0 Å². The van der Waals surface area contributed by atoms with E-state index >= 15 is 0 Å². The average Bonchev–Trinajstić information content (AvgIpc) is 2.76. The summed E-state index contributed by atoms with van der Waals surface area (Å²) in [6.07, 6.45) is 11.1. The molecule has 1 aromatic heterocycles. The third-order valence-electron chi connectivity index (χ3n) is 1.99. The molecule has 0 atom stereocenters. The van der Waals surface area contributed by atoms with E-state index in [1.807, 2.05) is 41.4 Å². The third-order valence-corrected chi connectivity index (χ3v) is 1.99. The zero-order valence-electron chi connectivity index (χ0n) is 7.64. The van der Waals surface area contributed by atoms with Crippen LogP contribution in [0.1, 0.15) is 13.3 Å². The Balaban J connectivity index is 2.21. The molecule has 0 amide bonds. The Bertz CT molecular complexity index is 367. The summed E-state index contributed by atoms with van der Waals surface area (Å²) in [5, 5.41) is 0. The standard InChI is InChI=1S/C11H12N2/c1-2-10-5-6-11(12-10)9-13-7-3-4-8-13/h3-9H,2H2,1H3/b11-9+. The molecule has 2 heterocycles. The highest BCUT2D eigenvalue weighted by atomic mass is 14.9. The van der Waals surface area contributed by atoms with Crippen LogP contribution in [0.4, 0.5) is 0 Å². The van der Waals surface area contributed by atoms with E-state index in [1.165, 1.54) is 0 Å². The fraction of sp³-hybridized carbons (Fsp3) is 0.182. The fourth-order valence-electron chi connectivity index (χ4n) is 1.28. The molecule has 2 rings (SSSR count). The highest BCUT2D eigenvalue weighted by molar-refractivity contribution is 5.98. The Morgan fingerprint density at radius 1 is 1.31 bits per heavy atom. The van der Waals surface area contributed by atoms with Crippen LogP contribution in [0.3, 0.4) is 0 Å². The number of hydrogen-bond donors (Lipinski definition) is 0. The molecule has 2 nitrogen and oxygen atoms in total. The van der Waals surface area contributed by atoms with Crippen LogP contribution >= 0.6 is 0 Å². The number of rotatable bonds is 2. The largest absolute Gasteiger partial charge is 0.328 e. The molecule has 0 radical (unpaired) electrons. The van der Waals surface area contributed by atoms with Gasteiger partial charge < -0.3 is 4.57 Å². The maximum Gasteiger partial charge on any atom is 0.0799 e. The molecule has 0 saturated carbocycles. The molecule has 1 aliphatic heterocycles. The molecule has 0 aliphatic carbocycles. The zero-order chi connectivity index (χ0) is 9.10. The SMILES string of the molecule is CCC1=N/C(=C/n2cccc2)C=C1. The first-order valence-corrected chi connectivity index (χ1v) is 4.48. The molecule has 0 N–H and O–H groups in total. The third kappa shape index (κ3) is 1.78. The predicted molar refractivity (Wildman–Crippen MR) is 55.6 cm³/mol. The second-order valence-electron chi connectivity index (χ2n) is 2.97. The predicted octanol–water partition coefficient (Wildman–Crippen LogP) is 2.71. The second-order valence-corrected chi connectivity index (χ2v) is 2.97. The molecule has 0 aromatic carbocycles. The molecule has 66 valence electrons. The molecule has 1 aliphatic rings. The molecule has 13 heavy (non-hydrogen) atoms. The lowest BCUT2D eigenvalue weighted by atomic mass is 10.3. The van der Waals surface area contributed by atoms with Crippen LogP contribution in [-0.2, 0) is 0 Å². The fourth-order valence-corrected chi connectivity index (χ4v) is 1.28. The maximum absolute atomic E-state index is 4.43. The summed E-state index contributed by atoms with van der Waals surface area (Å²) in [4.78, 5) is 4.43. The van der Waals surface area contributed by atoms with Gasteiger partial charge in [0.15, 0.2) is 0 Å². The number of aliphatic imine (C=N–C) groups is 1. The van der Waals surface area contributed by atoms with Gasteiger partial charge in [-0.15, -0.1) is 0 Å². The smallest absolute Gasteiger partial charge is 0.0799 e. The van der Waals surface area contributed by atoms with Gasteiger partial charge in [-0.25, -0.2) is 0 Å². The summed E-state index contributed by atoms with van der Waals surface area (Å²) >= 11 is 0. The molecule has 0 saturated heterocycles. The van der Waals surface area contributed by atoms with Crippen molar-refractivity contribution in [2.45, 2.75) is 13.3 Å². The van der Waals surface area contributed by atoms with Crippen molar-refractivity contribution in [3.05, 3.63) is 42.4 Å². The number of allylic oxidation sites excluding steroid dienone is 2. The van der Waals surface area contributed by atoms with Crippen LogP contribution in [0.5, 0.6) is 0 Å². The van der Waals surface area contributed by atoms with E-state index in [2.05, 4.69) is 18.0 Å². The van der Waals surface area contributed by atoms with Crippen molar-refractivity contribution >= 4 is 11.9 Å². The van der Waals surface area contributed by atoms with Crippen molar-refractivity contribution in [1.82, 2.24) is 4.57 Å². The van der Waals surface area contributed by atoms with E-state index in [9.17, 15) is 0 Å². The molecule has 0 bridgehead atoms. The van der Waals surface area contributed by atoms with Crippen molar-refractivity contribution in [2.75, 3.05) is 0 Å². The Hall–Kier alpha value is -1.57. The molecular formula is C11H12N2. The van der Waals surface area contributed by atoms with E-state index in [0.717, 1.165) is 17.8 Å². The Kier molecular flexibility index (Phi) is 2.13. The Labute approximate surface area is 77.9 Å². The van der Waals surface area contributed by atoms with E-state index < -0.39 is 0 Å². The maximum atomic E-state index is 4.43. The lowest BCUT2D eigenvalue weighted by Crippen LogP contribution is -1.84. The average molecular weight is 172 g/mol. The second kappa shape index (κ2) is 3.44. The quantitative estimate of drug-likeness (QED) is 0.652. The van der Waals surface area contributed by atoms with Gasteiger partial charge in [0.05, 0.1) is 5.70 Å². The molecule has 1 aromatic rings. The van der Waals surface area contributed by atoms with Gasteiger partial charge in [-0.2, -0.15) is 0 Å². The van der Waals surface area contributed by atoms with E-state index in [4.69, 9.17) is 0 Å². The van der Waals surface area contributed by atoms with Gasteiger partial charge >= 0.3 is 0 Å². The first-order chi connectivity index (χ1) is 6.38. The summed E-state index contributed by atoms with van der Waals surface area (Å²) in [6.45, 7) is 2.11. The monoisotopic (exact) mass is 172 g/mol. The summed E-state index contributed by atoms with van der Waals surface area (Å²) < 4.78 is 2.00. The summed E-state index contributed by atoms with van der Waals surface area (Å²) in [5.41, 5.74) is 2.17. The number of aromatic nitrogens is 1. The van der Waals surface area contributed by atoms with Gasteiger partial charge in [-0.3, -0.25) is 4.99 Å². The minimum atomic E-state index is 1.000. The minimum Gasteiger partial charge on any atom is -0.328 e. The number of hydrogen-bond acceptors (Lipinski definition) is 1. The van der Waals surface area contributed by atoms with Gasteiger partial charge in [0.25, 0.3) is 0 Å². The summed E-state index contributed by atoms with van der Waals surface area (Å²) in [6, 6.07) is 4.00. The van der Waals surface area contributed by atoms with Crippen molar-refractivity contribution in [1.29, 1.82) is 0 Å². The van der Waals surface area contributed by atoms with Crippen molar-refractivity contribution in [2.24, 2.45) is 4.99 Å². The van der Waals surface area contributed by atoms with Crippen molar-refractivity contribution in [3.63, 3.8) is 0 Å². The molecule has 0 fully saturated rings. The van der Waals surface area contributed by atoms with E-state index in [1.54, 1.807) is 0 Å². The number of nitrogens with zero attached hydrogens (tertiary/aromatic N) is 2. The Morgan fingerprint density at radius 2 is 2.08 bits per heavy atom. The highest BCUT2D eigenvalue weighted by Gasteiger charge is 2.00. The first kappa shape index (κ1) is 8.05. The van der Waals surface area contributed by atoms with Crippen molar-refractivity contribution in [3.8, 4) is 0 Å². The molecular weight excluding hydrogens is 160 g/mol. The minimum absolute atomic E-state index is 1.000. The van der Waals surface area contributed by atoms with Gasteiger partial charge in [-0.05, 0) is 30.7 Å². The van der Waals surface area contributed by atoms with Crippen LogP contribution in [0.15, 0.2) is 47.4 Å². The van der Waals surface area contributed by atoms with Gasteiger partial charge in [0, 0.05) is 24.3 Å². The normalized spacial score (nSPS) is 18.2. The van der Waals surface area contributed by atoms with Gasteiger partial charge in [0.2, 0.25) is 0 Å². The Morgan fingerprint density at radius 3 is 2.69 bits per heavy atom. The first-order valence-electron chi connectivity index (χ1n) is 4.48. The van der Waals surface area contributed by atoms with Crippen LogP contribution < -0.4 is 0 Å². The molecule has 0 unspecified atom stereocenters. The molecule has 2 heteroatoms. The van der Waals surface area contributed by atoms with Crippen LogP contribution in [0.2, 0.25) is 0 Å². The van der Waals surface area contributed by atoms with Gasteiger partial charge in [-0.1, -0.05) is 6.92 Å². The highest BCUT2D eigenvalue weighted by Crippen LogP contribution is 2.11. The lowest BCUT2D eigenvalue weighted by molar-refractivity contribution is 1.15. The van der Waals surface area contributed by atoms with E-state index in [0.29, 0.717) is 0 Å². The zero-order valence-corrected chi connectivity index (χ0v) is 7.64.